The molecule has 0 aliphatic rings. The number of carbonyl (C=O) groups is 1. The summed E-state index contributed by atoms with van der Waals surface area (Å²) in [6, 6.07) is 2.23. The van der Waals surface area contributed by atoms with Crippen LogP contribution < -0.4 is 5.32 Å². The summed E-state index contributed by atoms with van der Waals surface area (Å²) in [4.78, 5) is 11.0. The first-order chi connectivity index (χ1) is 8.47. The third-order valence-electron chi connectivity index (χ3n) is 3.49. The van der Waals surface area contributed by atoms with Crippen molar-refractivity contribution in [3.05, 3.63) is 23.0 Å². The van der Waals surface area contributed by atoms with Gasteiger partial charge in [-0.25, -0.2) is 4.79 Å². The first kappa shape index (κ1) is 14.8. The minimum Gasteiger partial charge on any atom is -0.478 e. The molecule has 1 rings (SSSR count). The fourth-order valence-electron chi connectivity index (χ4n) is 2.04. The van der Waals surface area contributed by atoms with Crippen LogP contribution in [0.25, 0.3) is 0 Å². The van der Waals surface area contributed by atoms with Crippen molar-refractivity contribution in [1.29, 1.82) is 0 Å². The van der Waals surface area contributed by atoms with E-state index in [4.69, 9.17) is 5.11 Å². The van der Waals surface area contributed by atoms with Crippen LogP contribution >= 0.6 is 0 Å². The van der Waals surface area contributed by atoms with E-state index >= 15 is 0 Å². The number of unbranched alkanes of at least 4 members (excludes halogenated alkanes) is 1. The highest BCUT2D eigenvalue weighted by Crippen LogP contribution is 2.14. The van der Waals surface area contributed by atoms with Gasteiger partial charge in [0.2, 0.25) is 0 Å². The molecule has 1 atom stereocenters. The van der Waals surface area contributed by atoms with Gasteiger partial charge < -0.3 is 15.0 Å². The predicted molar refractivity (Wildman–Crippen MR) is 72.9 cm³/mol. The van der Waals surface area contributed by atoms with Crippen LogP contribution in [0.15, 0.2) is 6.07 Å². The first-order valence-corrected chi connectivity index (χ1v) is 6.59. The summed E-state index contributed by atoms with van der Waals surface area (Å²) in [5.41, 5.74) is 2.23. The Kier molecular flexibility index (Phi) is 5.41. The topological polar surface area (TPSA) is 54.3 Å². The third kappa shape index (κ3) is 3.60. The highest BCUT2D eigenvalue weighted by molar-refractivity contribution is 5.89. The summed E-state index contributed by atoms with van der Waals surface area (Å²) >= 11 is 0. The Hall–Kier alpha value is -1.29. The molecule has 1 aromatic rings. The molecular formula is C14H24N2O2. The summed E-state index contributed by atoms with van der Waals surface area (Å²) in [5.74, 6) is -0.853. The largest absolute Gasteiger partial charge is 0.478 e. The van der Waals surface area contributed by atoms with Crippen molar-refractivity contribution in [3.8, 4) is 0 Å². The quantitative estimate of drug-likeness (QED) is 0.784. The van der Waals surface area contributed by atoms with E-state index in [-0.39, 0.29) is 0 Å². The number of carboxylic acids is 1. The summed E-state index contributed by atoms with van der Waals surface area (Å²) in [5, 5.41) is 12.5. The molecule has 0 fully saturated rings. The number of aromatic carboxylic acids is 1. The molecule has 0 spiro atoms. The first-order valence-electron chi connectivity index (χ1n) is 6.59. The van der Waals surface area contributed by atoms with Gasteiger partial charge in [-0.1, -0.05) is 19.8 Å². The maximum absolute atomic E-state index is 11.0. The fraction of sp³-hybridized carbons (Fsp3) is 0.643. The lowest BCUT2D eigenvalue weighted by atomic mass is 10.1. The van der Waals surface area contributed by atoms with E-state index in [1.165, 1.54) is 12.8 Å². The van der Waals surface area contributed by atoms with Gasteiger partial charge in [-0.05, 0) is 26.3 Å². The maximum Gasteiger partial charge on any atom is 0.337 e. The molecule has 102 valence electrons. The summed E-state index contributed by atoms with van der Waals surface area (Å²) in [6.45, 7) is 6.92. The van der Waals surface area contributed by atoms with E-state index in [1.807, 2.05) is 18.5 Å². The van der Waals surface area contributed by atoms with Crippen molar-refractivity contribution in [1.82, 2.24) is 9.88 Å². The summed E-state index contributed by atoms with van der Waals surface area (Å²) in [6.07, 6.45) is 3.59. The molecule has 0 amide bonds. The van der Waals surface area contributed by atoms with E-state index in [1.54, 1.807) is 6.07 Å². The number of rotatable bonds is 7. The molecular weight excluding hydrogens is 228 g/mol. The average Bonchev–Trinajstić information content (AvgIpc) is 2.61. The highest BCUT2D eigenvalue weighted by Gasteiger charge is 2.14. The Morgan fingerprint density at radius 2 is 2.22 bits per heavy atom. The van der Waals surface area contributed by atoms with Crippen LogP contribution in [-0.2, 0) is 13.6 Å². The second-order valence-corrected chi connectivity index (χ2v) is 4.92. The van der Waals surface area contributed by atoms with Crippen molar-refractivity contribution >= 4 is 5.97 Å². The number of carboxylic acid groups (broad SMARTS) is 1. The second kappa shape index (κ2) is 6.59. The van der Waals surface area contributed by atoms with Gasteiger partial charge in [0, 0.05) is 31.0 Å². The van der Waals surface area contributed by atoms with Crippen molar-refractivity contribution in [2.45, 2.75) is 52.6 Å². The molecule has 2 N–H and O–H groups in total. The van der Waals surface area contributed by atoms with Crippen LogP contribution in [0, 0.1) is 6.92 Å². The van der Waals surface area contributed by atoms with Gasteiger partial charge in [0.05, 0.1) is 5.56 Å². The third-order valence-corrected chi connectivity index (χ3v) is 3.49. The Morgan fingerprint density at radius 3 is 2.72 bits per heavy atom. The van der Waals surface area contributed by atoms with Crippen LogP contribution in [-0.4, -0.2) is 21.7 Å². The lowest BCUT2D eigenvalue weighted by Crippen LogP contribution is -2.26. The molecule has 0 saturated heterocycles. The minimum atomic E-state index is -0.853. The molecule has 1 heterocycles. The minimum absolute atomic E-state index is 0.399. The number of hydrogen-bond donors (Lipinski definition) is 2. The van der Waals surface area contributed by atoms with Crippen LogP contribution in [0.3, 0.4) is 0 Å². The van der Waals surface area contributed by atoms with E-state index in [0.29, 0.717) is 11.6 Å². The summed E-state index contributed by atoms with van der Waals surface area (Å²) in [7, 11) is 1.91. The number of nitrogens with zero attached hydrogens (tertiary/aromatic N) is 1. The normalized spacial score (nSPS) is 12.7. The fourth-order valence-corrected chi connectivity index (χ4v) is 2.04. The van der Waals surface area contributed by atoms with Gasteiger partial charge in [-0.3, -0.25) is 0 Å². The zero-order valence-corrected chi connectivity index (χ0v) is 11.8. The molecule has 4 nitrogen and oxygen atoms in total. The second-order valence-electron chi connectivity index (χ2n) is 4.92. The molecule has 1 unspecified atom stereocenters. The smallest absolute Gasteiger partial charge is 0.337 e. The molecule has 0 aromatic carbocycles. The van der Waals surface area contributed by atoms with Gasteiger partial charge >= 0.3 is 5.97 Å². The molecule has 0 bridgehead atoms. The molecule has 0 aliphatic carbocycles. The zero-order chi connectivity index (χ0) is 13.7. The van der Waals surface area contributed by atoms with Gasteiger partial charge in [0.15, 0.2) is 0 Å². The van der Waals surface area contributed by atoms with Crippen molar-refractivity contribution in [2.24, 2.45) is 7.05 Å². The molecule has 1 aromatic heterocycles. The van der Waals surface area contributed by atoms with Crippen molar-refractivity contribution < 1.29 is 9.90 Å². The zero-order valence-electron chi connectivity index (χ0n) is 11.8. The van der Waals surface area contributed by atoms with E-state index in [9.17, 15) is 4.79 Å². The molecule has 0 aliphatic heterocycles. The molecule has 18 heavy (non-hydrogen) atoms. The highest BCUT2D eigenvalue weighted by atomic mass is 16.4. The van der Waals surface area contributed by atoms with Crippen molar-refractivity contribution in [3.63, 3.8) is 0 Å². The number of aromatic nitrogens is 1. The van der Waals surface area contributed by atoms with E-state index < -0.39 is 5.97 Å². The Morgan fingerprint density at radius 1 is 1.56 bits per heavy atom. The number of nitrogens with one attached hydrogen (secondary N) is 1. The van der Waals surface area contributed by atoms with Crippen LogP contribution in [0.5, 0.6) is 0 Å². The maximum atomic E-state index is 11.0. The lowest BCUT2D eigenvalue weighted by molar-refractivity contribution is 0.0696. The molecule has 0 radical (unpaired) electrons. The van der Waals surface area contributed by atoms with Crippen LogP contribution in [0.1, 0.15) is 54.9 Å². The lowest BCUT2D eigenvalue weighted by Gasteiger charge is -2.13. The predicted octanol–water partition coefficient (Wildman–Crippen LogP) is 2.70. The van der Waals surface area contributed by atoms with Crippen molar-refractivity contribution in [2.75, 3.05) is 0 Å². The molecule has 4 heteroatoms. The monoisotopic (exact) mass is 252 g/mol. The van der Waals surface area contributed by atoms with Crippen LogP contribution in [0.2, 0.25) is 0 Å². The average molecular weight is 252 g/mol. The van der Waals surface area contributed by atoms with Gasteiger partial charge in [-0.2, -0.15) is 0 Å². The summed E-state index contributed by atoms with van der Waals surface area (Å²) < 4.78 is 1.95. The van der Waals surface area contributed by atoms with Gasteiger partial charge in [0.1, 0.15) is 0 Å². The Balaban J connectivity index is 2.62. The SMILES string of the molecule is CCCCC(C)NCc1cc(C(=O)O)c(C)n1C. The van der Waals surface area contributed by atoms with E-state index in [2.05, 4.69) is 19.2 Å². The molecule has 0 saturated carbocycles. The van der Waals surface area contributed by atoms with Crippen LogP contribution in [0.4, 0.5) is 0 Å². The number of hydrogen-bond acceptors (Lipinski definition) is 2. The van der Waals surface area contributed by atoms with Gasteiger partial charge in [0.25, 0.3) is 0 Å². The Bertz CT molecular complexity index is 410. The van der Waals surface area contributed by atoms with Gasteiger partial charge in [-0.15, -0.1) is 0 Å². The Labute approximate surface area is 109 Å². The van der Waals surface area contributed by atoms with E-state index in [0.717, 1.165) is 24.4 Å². The standard InChI is InChI=1S/C14H24N2O2/c1-5-6-7-10(2)15-9-12-8-13(14(17)18)11(3)16(12)4/h8,10,15H,5-7,9H2,1-4H3,(H,17,18).